The molecule has 0 spiro atoms. The van der Waals surface area contributed by atoms with Crippen LogP contribution < -0.4 is 5.32 Å². The largest absolute Gasteiger partial charge is 0.481 e. The van der Waals surface area contributed by atoms with Crippen LogP contribution in [-0.2, 0) is 19.1 Å². The predicted molar refractivity (Wildman–Crippen MR) is 60.2 cm³/mol. The highest BCUT2D eigenvalue weighted by Gasteiger charge is 2.22. The van der Waals surface area contributed by atoms with Gasteiger partial charge >= 0.3 is 11.9 Å². The first kappa shape index (κ1) is 15.4. The Morgan fingerprint density at radius 3 is 2.29 bits per heavy atom. The van der Waals surface area contributed by atoms with E-state index in [2.05, 4.69) is 10.1 Å². The van der Waals surface area contributed by atoms with Crippen molar-refractivity contribution in [2.75, 3.05) is 13.2 Å². The zero-order valence-electron chi connectivity index (χ0n) is 10.4. The summed E-state index contributed by atoms with van der Waals surface area (Å²) in [7, 11) is 0. The van der Waals surface area contributed by atoms with Crippen molar-refractivity contribution in [3.63, 3.8) is 0 Å². The highest BCUT2D eigenvalue weighted by Crippen LogP contribution is 2.09. The van der Waals surface area contributed by atoms with Crippen molar-refractivity contribution >= 4 is 17.8 Å². The lowest BCUT2D eigenvalue weighted by atomic mass is 9.96. The molecular weight excluding hydrogens is 226 g/mol. The molecule has 0 radical (unpaired) electrons. The molecule has 0 fully saturated rings. The highest BCUT2D eigenvalue weighted by molar-refractivity contribution is 5.94. The van der Waals surface area contributed by atoms with Crippen molar-refractivity contribution in [3.05, 3.63) is 0 Å². The number of hydrogen-bond donors (Lipinski definition) is 2. The van der Waals surface area contributed by atoms with E-state index >= 15 is 0 Å². The Morgan fingerprint density at radius 2 is 1.88 bits per heavy atom. The molecule has 0 aliphatic rings. The minimum Gasteiger partial charge on any atom is -0.481 e. The quantitative estimate of drug-likeness (QED) is 0.500. The molecule has 6 heteroatoms. The summed E-state index contributed by atoms with van der Waals surface area (Å²) in [6.45, 7) is 5.41. The molecule has 0 bridgehead atoms. The molecule has 1 amide bonds. The van der Waals surface area contributed by atoms with Crippen molar-refractivity contribution in [3.8, 4) is 0 Å². The third-order valence-electron chi connectivity index (χ3n) is 2.25. The van der Waals surface area contributed by atoms with Crippen molar-refractivity contribution < 1.29 is 24.2 Å². The first-order valence-corrected chi connectivity index (χ1v) is 5.53. The van der Waals surface area contributed by atoms with E-state index < -0.39 is 23.8 Å². The molecule has 0 aliphatic carbocycles. The average Bonchev–Trinajstić information content (AvgIpc) is 2.16. The zero-order valence-corrected chi connectivity index (χ0v) is 10.4. The standard InChI is InChI=1S/C11H19NO5/c1-4-17-10(14)5-9(13)12-6-8(7(2)3)11(15)16/h7-8H,4-6H2,1-3H3,(H,12,13)(H,15,16). The molecule has 0 saturated carbocycles. The number of nitrogens with one attached hydrogen (secondary N) is 1. The number of carbonyl (C=O) groups excluding carboxylic acids is 2. The summed E-state index contributed by atoms with van der Waals surface area (Å²) >= 11 is 0. The number of carbonyl (C=O) groups is 3. The fourth-order valence-electron chi connectivity index (χ4n) is 1.24. The predicted octanol–water partition coefficient (Wildman–Crippen LogP) is 0.413. The molecule has 0 aromatic rings. The van der Waals surface area contributed by atoms with Crippen molar-refractivity contribution in [1.29, 1.82) is 0 Å². The van der Waals surface area contributed by atoms with Crippen LogP contribution in [-0.4, -0.2) is 36.1 Å². The lowest BCUT2D eigenvalue weighted by Crippen LogP contribution is -2.36. The van der Waals surface area contributed by atoms with Gasteiger partial charge in [-0.1, -0.05) is 13.8 Å². The molecule has 0 aromatic carbocycles. The Labute approximate surface area is 100 Å². The molecule has 0 rings (SSSR count). The normalized spacial score (nSPS) is 12.0. The van der Waals surface area contributed by atoms with E-state index in [9.17, 15) is 14.4 Å². The monoisotopic (exact) mass is 245 g/mol. The number of hydrogen-bond acceptors (Lipinski definition) is 4. The van der Waals surface area contributed by atoms with Crippen LogP contribution in [0.25, 0.3) is 0 Å². The molecule has 0 saturated heterocycles. The third kappa shape index (κ3) is 6.55. The smallest absolute Gasteiger partial charge is 0.315 e. The summed E-state index contributed by atoms with van der Waals surface area (Å²) in [5.74, 6) is -2.83. The molecule has 1 atom stereocenters. The highest BCUT2D eigenvalue weighted by atomic mass is 16.5. The molecule has 0 aliphatic heterocycles. The number of carboxylic acids is 1. The second kappa shape index (κ2) is 7.65. The van der Waals surface area contributed by atoms with Gasteiger partial charge in [0.2, 0.25) is 5.91 Å². The van der Waals surface area contributed by atoms with Gasteiger partial charge in [0.15, 0.2) is 0 Å². The Kier molecular flexibility index (Phi) is 6.93. The van der Waals surface area contributed by atoms with Crippen LogP contribution in [0.1, 0.15) is 27.2 Å². The maximum atomic E-state index is 11.3. The van der Waals surface area contributed by atoms with Crippen LogP contribution in [0.2, 0.25) is 0 Å². The fourth-order valence-corrected chi connectivity index (χ4v) is 1.24. The van der Waals surface area contributed by atoms with Crippen LogP contribution in [0.5, 0.6) is 0 Å². The minimum atomic E-state index is -0.962. The first-order chi connectivity index (χ1) is 7.88. The van der Waals surface area contributed by atoms with Gasteiger partial charge in [0.1, 0.15) is 6.42 Å². The molecule has 2 N–H and O–H groups in total. The van der Waals surface area contributed by atoms with E-state index in [0.29, 0.717) is 0 Å². The molecule has 0 heterocycles. The van der Waals surface area contributed by atoms with Crippen LogP contribution in [0.3, 0.4) is 0 Å². The van der Waals surface area contributed by atoms with Crippen LogP contribution in [0.4, 0.5) is 0 Å². The number of rotatable bonds is 7. The average molecular weight is 245 g/mol. The Hall–Kier alpha value is -1.59. The van der Waals surface area contributed by atoms with E-state index in [0.717, 1.165) is 0 Å². The summed E-state index contributed by atoms with van der Waals surface area (Å²) in [6.07, 6.45) is -0.377. The molecule has 1 unspecified atom stereocenters. The maximum absolute atomic E-state index is 11.3. The second-order valence-corrected chi connectivity index (χ2v) is 3.97. The van der Waals surface area contributed by atoms with Crippen molar-refractivity contribution in [2.45, 2.75) is 27.2 Å². The number of aliphatic carboxylic acids is 1. The van der Waals surface area contributed by atoms with Gasteiger partial charge in [-0.05, 0) is 12.8 Å². The van der Waals surface area contributed by atoms with Gasteiger partial charge < -0.3 is 15.2 Å². The summed E-state index contributed by atoms with van der Waals surface area (Å²) in [5.41, 5.74) is 0. The van der Waals surface area contributed by atoms with E-state index in [1.165, 1.54) is 0 Å². The van der Waals surface area contributed by atoms with Gasteiger partial charge in [-0.25, -0.2) is 0 Å². The van der Waals surface area contributed by atoms with Crippen molar-refractivity contribution in [2.24, 2.45) is 11.8 Å². The number of ether oxygens (including phenoxy) is 1. The van der Waals surface area contributed by atoms with E-state index in [1.54, 1.807) is 20.8 Å². The van der Waals surface area contributed by atoms with E-state index in [4.69, 9.17) is 5.11 Å². The number of amides is 1. The summed E-state index contributed by atoms with van der Waals surface area (Å²) in [4.78, 5) is 33.1. The molecule has 0 aromatic heterocycles. The van der Waals surface area contributed by atoms with Gasteiger partial charge in [0.05, 0.1) is 12.5 Å². The van der Waals surface area contributed by atoms with Gasteiger partial charge in [0, 0.05) is 6.54 Å². The van der Waals surface area contributed by atoms with Gasteiger partial charge in [0.25, 0.3) is 0 Å². The summed E-state index contributed by atoms with van der Waals surface area (Å²) in [5, 5.41) is 11.3. The van der Waals surface area contributed by atoms with Crippen LogP contribution >= 0.6 is 0 Å². The lowest BCUT2D eigenvalue weighted by Gasteiger charge is -2.16. The maximum Gasteiger partial charge on any atom is 0.315 e. The number of esters is 1. The fraction of sp³-hybridized carbons (Fsp3) is 0.727. The third-order valence-corrected chi connectivity index (χ3v) is 2.25. The molecule has 98 valence electrons. The van der Waals surface area contributed by atoms with Gasteiger partial charge in [-0.3, -0.25) is 14.4 Å². The van der Waals surface area contributed by atoms with Gasteiger partial charge in [-0.15, -0.1) is 0 Å². The molecular formula is C11H19NO5. The van der Waals surface area contributed by atoms with Crippen LogP contribution in [0, 0.1) is 11.8 Å². The Bertz CT molecular complexity index is 288. The summed E-state index contributed by atoms with van der Waals surface area (Å²) < 4.78 is 4.60. The topological polar surface area (TPSA) is 92.7 Å². The van der Waals surface area contributed by atoms with E-state index in [-0.39, 0.29) is 25.5 Å². The Balaban J connectivity index is 4.05. The molecule has 17 heavy (non-hydrogen) atoms. The van der Waals surface area contributed by atoms with Crippen LogP contribution in [0.15, 0.2) is 0 Å². The number of carboxylic acid groups (broad SMARTS) is 1. The van der Waals surface area contributed by atoms with Gasteiger partial charge in [-0.2, -0.15) is 0 Å². The Morgan fingerprint density at radius 1 is 1.29 bits per heavy atom. The SMILES string of the molecule is CCOC(=O)CC(=O)NCC(C(=O)O)C(C)C. The summed E-state index contributed by atoms with van der Waals surface area (Å²) in [6, 6.07) is 0. The zero-order chi connectivity index (χ0) is 13.4. The minimum absolute atomic E-state index is 0.0191. The second-order valence-electron chi connectivity index (χ2n) is 3.97. The van der Waals surface area contributed by atoms with Crippen molar-refractivity contribution in [1.82, 2.24) is 5.32 Å². The lowest BCUT2D eigenvalue weighted by molar-refractivity contribution is -0.146. The first-order valence-electron chi connectivity index (χ1n) is 5.53. The molecule has 6 nitrogen and oxygen atoms in total. The van der Waals surface area contributed by atoms with E-state index in [1.807, 2.05) is 0 Å².